The van der Waals surface area contributed by atoms with Gasteiger partial charge in [-0.1, -0.05) is 55.8 Å². The van der Waals surface area contributed by atoms with Crippen molar-refractivity contribution in [2.45, 2.75) is 76.9 Å². The molecular formula is C27H36N2O4. The van der Waals surface area contributed by atoms with Crippen LogP contribution < -0.4 is 5.32 Å². The van der Waals surface area contributed by atoms with Crippen LogP contribution in [0.15, 0.2) is 42.5 Å². The molecule has 0 bridgehead atoms. The molecule has 1 amide bonds. The van der Waals surface area contributed by atoms with Crippen molar-refractivity contribution in [3.8, 4) is 0 Å². The van der Waals surface area contributed by atoms with E-state index in [2.05, 4.69) is 29.6 Å². The van der Waals surface area contributed by atoms with E-state index in [9.17, 15) is 9.59 Å². The molecule has 0 spiro atoms. The van der Waals surface area contributed by atoms with Crippen LogP contribution in [0.2, 0.25) is 0 Å². The maximum atomic E-state index is 13.2. The van der Waals surface area contributed by atoms with E-state index in [1.54, 1.807) is 0 Å². The molecule has 1 N–H and O–H groups in total. The molecule has 4 rings (SSSR count). The number of likely N-dealkylation sites (N-methyl/N-ethyl adjacent to an activating group) is 1. The third-order valence-electron chi connectivity index (χ3n) is 6.87. The van der Waals surface area contributed by atoms with Crippen LogP contribution in [-0.4, -0.2) is 53.7 Å². The van der Waals surface area contributed by atoms with E-state index in [-0.39, 0.29) is 29.9 Å². The zero-order valence-electron chi connectivity index (χ0n) is 20.4. The molecule has 4 atom stereocenters. The van der Waals surface area contributed by atoms with Crippen molar-refractivity contribution in [3.63, 3.8) is 0 Å². The highest BCUT2D eigenvalue weighted by Gasteiger charge is 2.62. The van der Waals surface area contributed by atoms with Crippen molar-refractivity contribution in [2.75, 3.05) is 13.6 Å². The van der Waals surface area contributed by atoms with E-state index in [4.69, 9.17) is 9.47 Å². The zero-order chi connectivity index (χ0) is 23.8. The van der Waals surface area contributed by atoms with Gasteiger partial charge in [0.1, 0.15) is 11.1 Å². The number of nitrogens with one attached hydrogen (secondary N) is 1. The van der Waals surface area contributed by atoms with Gasteiger partial charge in [-0.15, -0.1) is 0 Å². The fourth-order valence-corrected chi connectivity index (χ4v) is 4.95. The molecule has 1 saturated heterocycles. The lowest BCUT2D eigenvalue weighted by atomic mass is 10.1. The van der Waals surface area contributed by atoms with Gasteiger partial charge in [-0.25, -0.2) is 4.79 Å². The molecular weight excluding hydrogens is 416 g/mol. The third-order valence-corrected chi connectivity index (χ3v) is 6.87. The molecule has 6 nitrogen and oxygen atoms in total. The Labute approximate surface area is 196 Å². The van der Waals surface area contributed by atoms with Crippen LogP contribution in [0.1, 0.15) is 52.5 Å². The summed E-state index contributed by atoms with van der Waals surface area (Å²) in [6.45, 7) is 8.79. The van der Waals surface area contributed by atoms with Crippen LogP contribution in [0.5, 0.6) is 0 Å². The van der Waals surface area contributed by atoms with Gasteiger partial charge in [0.2, 0.25) is 5.91 Å². The molecule has 2 fully saturated rings. The molecule has 1 aliphatic carbocycles. The minimum atomic E-state index is -0.887. The van der Waals surface area contributed by atoms with Gasteiger partial charge < -0.3 is 14.8 Å². The van der Waals surface area contributed by atoms with Crippen molar-refractivity contribution < 1.29 is 19.1 Å². The summed E-state index contributed by atoms with van der Waals surface area (Å²) in [5.41, 5.74) is -0.321. The molecule has 2 aromatic carbocycles. The van der Waals surface area contributed by atoms with Gasteiger partial charge in [0, 0.05) is 6.54 Å². The van der Waals surface area contributed by atoms with Gasteiger partial charge in [-0.3, -0.25) is 9.69 Å². The largest absolute Gasteiger partial charge is 0.458 e. The molecule has 0 radical (unpaired) electrons. The minimum absolute atomic E-state index is 0.0385. The molecule has 1 aliphatic heterocycles. The van der Waals surface area contributed by atoms with E-state index >= 15 is 0 Å². The van der Waals surface area contributed by atoms with E-state index in [0.717, 1.165) is 12.0 Å². The fraction of sp³-hybridized carbons (Fsp3) is 0.556. The quantitative estimate of drug-likeness (QED) is 0.642. The number of likely N-dealkylation sites (tertiary alicyclic amines) is 1. The highest BCUT2D eigenvalue weighted by Crippen LogP contribution is 2.47. The lowest BCUT2D eigenvalue weighted by Gasteiger charge is -2.27. The number of nitrogens with zero attached hydrogens (tertiary/aromatic N) is 1. The molecule has 2 aliphatic rings. The van der Waals surface area contributed by atoms with Crippen LogP contribution in [0.25, 0.3) is 10.8 Å². The van der Waals surface area contributed by atoms with Crippen LogP contribution in [0.4, 0.5) is 0 Å². The summed E-state index contributed by atoms with van der Waals surface area (Å²) in [6, 6.07) is 14.2. The number of hydrogen-bond acceptors (Lipinski definition) is 5. The second-order valence-electron chi connectivity index (χ2n) is 10.5. The second-order valence-corrected chi connectivity index (χ2v) is 10.5. The lowest BCUT2D eigenvalue weighted by molar-refractivity contribution is -0.161. The maximum Gasteiger partial charge on any atom is 0.332 e. The maximum absolute atomic E-state index is 13.2. The normalized spacial score (nSPS) is 27.5. The SMILES string of the molecule is CCC1C[C@@]1(NC(=O)C1C[C@@H](OCc2cccc3ccccc23)CN1C)C(=O)OC(C)(C)C. The molecule has 6 heteroatoms. The number of rotatable bonds is 7. The Morgan fingerprint density at radius 2 is 1.88 bits per heavy atom. The average molecular weight is 453 g/mol. The highest BCUT2D eigenvalue weighted by atomic mass is 16.6. The first kappa shape index (κ1) is 23.7. The predicted octanol–water partition coefficient (Wildman–Crippen LogP) is 4.06. The van der Waals surface area contributed by atoms with E-state index in [1.807, 2.05) is 57.8 Å². The van der Waals surface area contributed by atoms with Crippen molar-refractivity contribution in [2.24, 2.45) is 5.92 Å². The summed E-state index contributed by atoms with van der Waals surface area (Å²) in [7, 11) is 1.94. The molecule has 33 heavy (non-hydrogen) atoms. The number of ether oxygens (including phenoxy) is 2. The Kier molecular flexibility index (Phi) is 6.52. The molecule has 0 aromatic heterocycles. The van der Waals surface area contributed by atoms with E-state index in [1.165, 1.54) is 10.8 Å². The first-order valence-electron chi connectivity index (χ1n) is 12.0. The minimum Gasteiger partial charge on any atom is -0.458 e. The van der Waals surface area contributed by atoms with Gasteiger partial charge in [0.05, 0.1) is 18.8 Å². The number of esters is 1. The van der Waals surface area contributed by atoms with Crippen LogP contribution >= 0.6 is 0 Å². The predicted molar refractivity (Wildman–Crippen MR) is 129 cm³/mol. The van der Waals surface area contributed by atoms with Gasteiger partial charge >= 0.3 is 5.97 Å². The number of carbonyl (C=O) groups is 2. The van der Waals surface area contributed by atoms with Crippen molar-refractivity contribution in [3.05, 3.63) is 48.0 Å². The Hall–Kier alpha value is -2.44. The van der Waals surface area contributed by atoms with Crippen LogP contribution in [-0.2, 0) is 25.7 Å². The molecule has 178 valence electrons. The first-order valence-corrected chi connectivity index (χ1v) is 12.0. The lowest BCUT2D eigenvalue weighted by Crippen LogP contribution is -2.52. The van der Waals surface area contributed by atoms with E-state index in [0.29, 0.717) is 26.0 Å². The van der Waals surface area contributed by atoms with E-state index < -0.39 is 11.1 Å². The first-order chi connectivity index (χ1) is 15.6. The van der Waals surface area contributed by atoms with Gasteiger partial charge in [0.15, 0.2) is 0 Å². The Morgan fingerprint density at radius 1 is 1.15 bits per heavy atom. The number of benzene rings is 2. The monoisotopic (exact) mass is 452 g/mol. The van der Waals surface area contributed by atoms with Crippen LogP contribution in [0, 0.1) is 5.92 Å². The van der Waals surface area contributed by atoms with Crippen LogP contribution in [0.3, 0.4) is 0 Å². The van der Waals surface area contributed by atoms with Crippen molar-refractivity contribution >= 4 is 22.6 Å². The topological polar surface area (TPSA) is 67.9 Å². The molecule has 1 heterocycles. The number of amides is 1. The smallest absolute Gasteiger partial charge is 0.332 e. The van der Waals surface area contributed by atoms with Gasteiger partial charge in [-0.2, -0.15) is 0 Å². The number of carbonyl (C=O) groups excluding carboxylic acids is 2. The Balaban J connectivity index is 1.38. The second kappa shape index (κ2) is 9.07. The summed E-state index contributed by atoms with van der Waals surface area (Å²) >= 11 is 0. The summed E-state index contributed by atoms with van der Waals surface area (Å²) in [4.78, 5) is 28.1. The molecule has 1 saturated carbocycles. The van der Waals surface area contributed by atoms with Gasteiger partial charge in [0.25, 0.3) is 0 Å². The standard InChI is InChI=1S/C27H36N2O4/c1-6-20-15-27(20,25(31)33-26(2,3)4)28-24(30)23-14-21(16-29(23)5)32-17-19-12-9-11-18-10-7-8-13-22(18)19/h7-13,20-21,23H,6,14-17H2,1-5H3,(H,28,30)/t20?,21-,23?,27+/m1/s1. The van der Waals surface area contributed by atoms with Crippen molar-refractivity contribution in [1.82, 2.24) is 10.2 Å². The number of hydrogen-bond donors (Lipinski definition) is 1. The number of fused-ring (bicyclic) bond motifs is 1. The fourth-order valence-electron chi connectivity index (χ4n) is 4.95. The highest BCUT2D eigenvalue weighted by molar-refractivity contribution is 5.93. The Morgan fingerprint density at radius 3 is 2.58 bits per heavy atom. The van der Waals surface area contributed by atoms with Gasteiger partial charge in [-0.05, 0) is 62.9 Å². The summed E-state index contributed by atoms with van der Waals surface area (Å²) in [5, 5.41) is 5.46. The molecule has 2 unspecified atom stereocenters. The average Bonchev–Trinajstić information content (AvgIpc) is 3.35. The third kappa shape index (κ3) is 5.07. The summed E-state index contributed by atoms with van der Waals surface area (Å²) < 4.78 is 11.9. The Bertz CT molecular complexity index is 1020. The summed E-state index contributed by atoms with van der Waals surface area (Å²) in [5.74, 6) is -0.309. The van der Waals surface area contributed by atoms with Crippen molar-refractivity contribution in [1.29, 1.82) is 0 Å². The molecule has 2 aromatic rings. The summed E-state index contributed by atoms with van der Waals surface area (Å²) in [6.07, 6.45) is 2.04. The zero-order valence-corrected chi connectivity index (χ0v) is 20.4.